The van der Waals surface area contributed by atoms with Gasteiger partial charge in [-0.2, -0.15) is 0 Å². The first kappa shape index (κ1) is 12.2. The van der Waals surface area contributed by atoms with E-state index in [1.807, 2.05) is 6.92 Å². The van der Waals surface area contributed by atoms with Gasteiger partial charge in [-0.25, -0.2) is 0 Å². The van der Waals surface area contributed by atoms with Crippen molar-refractivity contribution in [2.45, 2.75) is 40.0 Å². The molecule has 0 spiro atoms. The lowest BCUT2D eigenvalue weighted by Crippen LogP contribution is -2.20. The second kappa shape index (κ2) is 6.73. The van der Waals surface area contributed by atoms with Gasteiger partial charge in [-0.1, -0.05) is 20.3 Å². The first-order valence-electron chi connectivity index (χ1n) is 4.82. The molecule has 0 aromatic heterocycles. The van der Waals surface area contributed by atoms with Gasteiger partial charge < -0.3 is 4.74 Å². The van der Waals surface area contributed by atoms with Crippen molar-refractivity contribution in [2.24, 2.45) is 5.41 Å². The van der Waals surface area contributed by atoms with E-state index in [9.17, 15) is 0 Å². The summed E-state index contributed by atoms with van der Waals surface area (Å²) in [5, 5.41) is 0. The van der Waals surface area contributed by atoms with Crippen LogP contribution in [-0.4, -0.2) is 19.1 Å². The summed E-state index contributed by atoms with van der Waals surface area (Å²) in [4.78, 5) is 0. The average molecular weight is 193 g/mol. The van der Waals surface area contributed by atoms with E-state index in [0.717, 1.165) is 25.5 Å². The van der Waals surface area contributed by atoms with Gasteiger partial charge >= 0.3 is 0 Å². The summed E-state index contributed by atoms with van der Waals surface area (Å²) in [5.74, 6) is 0.744. The minimum Gasteiger partial charge on any atom is -0.382 e. The average Bonchev–Trinajstić information content (AvgIpc) is 2.06. The molecule has 0 saturated carbocycles. The number of rotatable bonds is 7. The highest BCUT2D eigenvalue weighted by Gasteiger charge is 2.21. The van der Waals surface area contributed by atoms with Crippen LogP contribution >= 0.6 is 11.6 Å². The first-order chi connectivity index (χ1) is 5.68. The Morgan fingerprint density at radius 3 is 2.33 bits per heavy atom. The monoisotopic (exact) mass is 192 g/mol. The van der Waals surface area contributed by atoms with Crippen LogP contribution in [0.1, 0.15) is 40.0 Å². The van der Waals surface area contributed by atoms with Gasteiger partial charge in [0.25, 0.3) is 0 Å². The van der Waals surface area contributed by atoms with Crippen LogP contribution in [0, 0.1) is 5.41 Å². The SMILES string of the molecule is CCCC(C)(CCl)CCOCC. The second-order valence-electron chi connectivity index (χ2n) is 3.64. The highest BCUT2D eigenvalue weighted by Crippen LogP contribution is 2.28. The molecule has 0 saturated heterocycles. The third kappa shape index (κ3) is 5.00. The Balaban J connectivity index is 3.63. The largest absolute Gasteiger partial charge is 0.382 e. The van der Waals surface area contributed by atoms with Crippen LogP contribution < -0.4 is 0 Å². The van der Waals surface area contributed by atoms with Crippen molar-refractivity contribution in [3.05, 3.63) is 0 Å². The molecule has 0 fully saturated rings. The van der Waals surface area contributed by atoms with Gasteiger partial charge in [-0.3, -0.25) is 0 Å². The van der Waals surface area contributed by atoms with Crippen molar-refractivity contribution in [3.8, 4) is 0 Å². The van der Waals surface area contributed by atoms with Crippen LogP contribution in [0.15, 0.2) is 0 Å². The molecule has 0 aliphatic heterocycles. The molecular formula is C10H21ClO. The molecule has 0 N–H and O–H groups in total. The molecule has 0 aliphatic rings. The fraction of sp³-hybridized carbons (Fsp3) is 1.00. The summed E-state index contributed by atoms with van der Waals surface area (Å²) < 4.78 is 5.32. The molecule has 0 aliphatic carbocycles. The smallest absolute Gasteiger partial charge is 0.0471 e. The molecule has 2 heteroatoms. The highest BCUT2D eigenvalue weighted by atomic mass is 35.5. The normalized spacial score (nSPS) is 16.0. The molecular weight excluding hydrogens is 172 g/mol. The predicted octanol–water partition coefficient (Wildman–Crippen LogP) is 3.46. The summed E-state index contributed by atoms with van der Waals surface area (Å²) in [6.45, 7) is 8.12. The Morgan fingerprint density at radius 2 is 1.92 bits per heavy atom. The number of halogens is 1. The lowest BCUT2D eigenvalue weighted by molar-refractivity contribution is 0.112. The quantitative estimate of drug-likeness (QED) is 0.444. The maximum Gasteiger partial charge on any atom is 0.0471 e. The number of alkyl halides is 1. The van der Waals surface area contributed by atoms with E-state index in [0.29, 0.717) is 0 Å². The minimum atomic E-state index is 0.283. The minimum absolute atomic E-state index is 0.283. The molecule has 1 atom stereocenters. The fourth-order valence-corrected chi connectivity index (χ4v) is 1.59. The zero-order valence-electron chi connectivity index (χ0n) is 8.53. The number of hydrogen-bond acceptors (Lipinski definition) is 1. The second-order valence-corrected chi connectivity index (χ2v) is 3.91. The van der Waals surface area contributed by atoms with E-state index >= 15 is 0 Å². The molecule has 1 nitrogen and oxygen atoms in total. The molecule has 0 radical (unpaired) electrons. The Kier molecular flexibility index (Phi) is 6.87. The first-order valence-corrected chi connectivity index (χ1v) is 5.35. The summed E-state index contributed by atoms with van der Waals surface area (Å²) in [7, 11) is 0. The van der Waals surface area contributed by atoms with Crippen molar-refractivity contribution in [1.29, 1.82) is 0 Å². The Bertz CT molecular complexity index is 106. The Labute approximate surface area is 81.4 Å². The predicted molar refractivity (Wildman–Crippen MR) is 54.8 cm³/mol. The Hall–Kier alpha value is 0.250. The zero-order chi connectivity index (χ0) is 9.45. The zero-order valence-corrected chi connectivity index (χ0v) is 9.28. The molecule has 1 unspecified atom stereocenters. The van der Waals surface area contributed by atoms with Crippen LogP contribution in [0.2, 0.25) is 0 Å². The summed E-state index contributed by atoms with van der Waals surface area (Å²) >= 11 is 5.91. The molecule has 0 amide bonds. The van der Waals surface area contributed by atoms with E-state index in [-0.39, 0.29) is 5.41 Å². The van der Waals surface area contributed by atoms with E-state index in [4.69, 9.17) is 16.3 Å². The van der Waals surface area contributed by atoms with E-state index < -0.39 is 0 Å². The van der Waals surface area contributed by atoms with Crippen molar-refractivity contribution < 1.29 is 4.74 Å². The van der Waals surface area contributed by atoms with Gasteiger partial charge in [0.15, 0.2) is 0 Å². The van der Waals surface area contributed by atoms with Gasteiger partial charge in [0.2, 0.25) is 0 Å². The molecule has 74 valence electrons. The third-order valence-electron chi connectivity index (χ3n) is 2.23. The summed E-state index contributed by atoms with van der Waals surface area (Å²) in [6, 6.07) is 0. The van der Waals surface area contributed by atoms with Crippen LogP contribution in [0.5, 0.6) is 0 Å². The van der Waals surface area contributed by atoms with Crippen molar-refractivity contribution in [1.82, 2.24) is 0 Å². The Morgan fingerprint density at radius 1 is 1.25 bits per heavy atom. The standard InChI is InChI=1S/C10H21ClO/c1-4-6-10(3,9-11)7-8-12-5-2/h4-9H2,1-3H3. The van der Waals surface area contributed by atoms with Crippen molar-refractivity contribution in [3.63, 3.8) is 0 Å². The molecule has 0 rings (SSSR count). The van der Waals surface area contributed by atoms with Crippen LogP contribution in [0.25, 0.3) is 0 Å². The van der Waals surface area contributed by atoms with E-state index in [2.05, 4.69) is 13.8 Å². The molecule has 0 aromatic carbocycles. The van der Waals surface area contributed by atoms with Crippen LogP contribution in [0.3, 0.4) is 0 Å². The van der Waals surface area contributed by atoms with Crippen LogP contribution in [0.4, 0.5) is 0 Å². The number of ether oxygens (including phenoxy) is 1. The van der Waals surface area contributed by atoms with Gasteiger partial charge in [-0.15, -0.1) is 11.6 Å². The number of hydrogen-bond donors (Lipinski definition) is 0. The lowest BCUT2D eigenvalue weighted by Gasteiger charge is -2.26. The summed E-state index contributed by atoms with van der Waals surface area (Å²) in [5.41, 5.74) is 0.283. The van der Waals surface area contributed by atoms with Gasteiger partial charge in [0.05, 0.1) is 0 Å². The van der Waals surface area contributed by atoms with Gasteiger partial charge in [-0.05, 0) is 25.2 Å². The van der Waals surface area contributed by atoms with Crippen LogP contribution in [-0.2, 0) is 4.74 Å². The van der Waals surface area contributed by atoms with E-state index in [1.165, 1.54) is 12.8 Å². The van der Waals surface area contributed by atoms with Gasteiger partial charge in [0, 0.05) is 19.1 Å². The molecule has 0 bridgehead atoms. The molecule has 0 heterocycles. The topological polar surface area (TPSA) is 9.23 Å². The maximum atomic E-state index is 5.91. The van der Waals surface area contributed by atoms with Crippen molar-refractivity contribution >= 4 is 11.6 Å². The molecule has 12 heavy (non-hydrogen) atoms. The van der Waals surface area contributed by atoms with E-state index in [1.54, 1.807) is 0 Å². The summed E-state index contributed by atoms with van der Waals surface area (Å²) in [6.07, 6.45) is 3.48. The maximum absolute atomic E-state index is 5.91. The third-order valence-corrected chi connectivity index (χ3v) is 2.88. The van der Waals surface area contributed by atoms with Gasteiger partial charge in [0.1, 0.15) is 0 Å². The molecule has 0 aromatic rings. The highest BCUT2D eigenvalue weighted by molar-refractivity contribution is 6.18. The fourth-order valence-electron chi connectivity index (χ4n) is 1.33. The van der Waals surface area contributed by atoms with Crippen molar-refractivity contribution in [2.75, 3.05) is 19.1 Å². The lowest BCUT2D eigenvalue weighted by atomic mass is 9.85.